The van der Waals surface area contributed by atoms with Crippen LogP contribution in [0.2, 0.25) is 0 Å². The number of primary amides is 1. The zero-order valence-corrected chi connectivity index (χ0v) is 16.6. The van der Waals surface area contributed by atoms with E-state index in [4.69, 9.17) is 10.2 Å². The first-order chi connectivity index (χ1) is 13.6. The molecule has 0 aliphatic heterocycles. The molecular weight excluding hydrogens is 396 g/mol. The summed E-state index contributed by atoms with van der Waals surface area (Å²) in [6.07, 6.45) is 3.89. The molecule has 2 aromatic heterocycles. The van der Waals surface area contributed by atoms with Crippen LogP contribution >= 0.6 is 23.1 Å². The van der Waals surface area contributed by atoms with Crippen molar-refractivity contribution in [1.29, 1.82) is 0 Å². The Morgan fingerprint density at radius 1 is 1.18 bits per heavy atom. The van der Waals surface area contributed by atoms with E-state index < -0.39 is 5.91 Å². The number of aromatic nitrogens is 2. The highest BCUT2D eigenvalue weighted by Crippen LogP contribution is 2.38. The molecule has 3 aromatic rings. The topological polar surface area (TPSA) is 111 Å². The Morgan fingerprint density at radius 2 is 1.96 bits per heavy atom. The van der Waals surface area contributed by atoms with Crippen LogP contribution in [0.4, 0.5) is 5.00 Å². The van der Waals surface area contributed by atoms with Gasteiger partial charge in [0, 0.05) is 10.4 Å². The molecule has 0 unspecified atom stereocenters. The molecule has 7 nitrogen and oxygen atoms in total. The lowest BCUT2D eigenvalue weighted by atomic mass is 9.95. The number of anilines is 1. The van der Waals surface area contributed by atoms with Gasteiger partial charge in [-0.1, -0.05) is 30.0 Å². The molecule has 1 aliphatic rings. The third-order valence-electron chi connectivity index (χ3n) is 4.42. The second-order valence-corrected chi connectivity index (χ2v) is 8.39. The molecule has 0 bridgehead atoms. The van der Waals surface area contributed by atoms with Crippen molar-refractivity contribution in [2.75, 3.05) is 11.1 Å². The predicted octanol–water partition coefficient (Wildman–Crippen LogP) is 3.51. The fraction of sp³-hybridized carbons (Fsp3) is 0.263. The van der Waals surface area contributed by atoms with E-state index in [0.29, 0.717) is 21.7 Å². The van der Waals surface area contributed by atoms with Crippen LogP contribution in [0.5, 0.6) is 0 Å². The van der Waals surface area contributed by atoms with E-state index in [0.717, 1.165) is 53.4 Å². The van der Waals surface area contributed by atoms with Gasteiger partial charge in [0.05, 0.1) is 11.3 Å². The zero-order valence-electron chi connectivity index (χ0n) is 14.9. The number of nitrogens with two attached hydrogens (primary N) is 1. The van der Waals surface area contributed by atoms with Gasteiger partial charge < -0.3 is 15.5 Å². The number of hydrogen-bond donors (Lipinski definition) is 2. The van der Waals surface area contributed by atoms with Crippen LogP contribution in [-0.2, 0) is 17.6 Å². The lowest BCUT2D eigenvalue weighted by molar-refractivity contribution is -0.113. The summed E-state index contributed by atoms with van der Waals surface area (Å²) in [5.41, 5.74) is 7.84. The molecule has 2 heterocycles. The normalized spacial score (nSPS) is 13.1. The van der Waals surface area contributed by atoms with Crippen LogP contribution in [0, 0.1) is 0 Å². The molecule has 28 heavy (non-hydrogen) atoms. The zero-order chi connectivity index (χ0) is 19.5. The minimum Gasteiger partial charge on any atom is -0.411 e. The lowest BCUT2D eigenvalue weighted by Crippen LogP contribution is -2.19. The first-order valence-corrected chi connectivity index (χ1v) is 10.7. The Labute approximate surface area is 169 Å². The molecule has 0 saturated carbocycles. The Hall–Kier alpha value is -2.65. The van der Waals surface area contributed by atoms with E-state index in [1.54, 1.807) is 0 Å². The monoisotopic (exact) mass is 414 g/mol. The molecule has 0 spiro atoms. The summed E-state index contributed by atoms with van der Waals surface area (Å²) < 4.78 is 5.59. The number of nitrogens with one attached hydrogen (secondary N) is 1. The van der Waals surface area contributed by atoms with Crippen LogP contribution in [0.25, 0.3) is 11.5 Å². The number of thioether (sulfide) groups is 1. The third kappa shape index (κ3) is 3.95. The van der Waals surface area contributed by atoms with Crippen molar-refractivity contribution in [3.63, 3.8) is 0 Å². The Morgan fingerprint density at radius 3 is 2.75 bits per heavy atom. The fourth-order valence-corrected chi connectivity index (χ4v) is 5.04. The summed E-state index contributed by atoms with van der Waals surface area (Å²) in [4.78, 5) is 25.4. The molecule has 2 amide bonds. The fourth-order valence-electron chi connectivity index (χ4n) is 3.17. The number of aryl methyl sites for hydroxylation is 1. The number of fused-ring (bicyclic) bond motifs is 1. The van der Waals surface area contributed by atoms with Crippen molar-refractivity contribution in [2.24, 2.45) is 5.73 Å². The maximum absolute atomic E-state index is 12.4. The minimum atomic E-state index is -0.494. The molecule has 0 radical (unpaired) electrons. The van der Waals surface area contributed by atoms with Gasteiger partial charge in [-0.2, -0.15) is 0 Å². The van der Waals surface area contributed by atoms with Gasteiger partial charge in [0.15, 0.2) is 0 Å². The first-order valence-electron chi connectivity index (χ1n) is 8.87. The Kier molecular flexibility index (Phi) is 5.45. The van der Waals surface area contributed by atoms with Gasteiger partial charge in [-0.05, 0) is 43.4 Å². The van der Waals surface area contributed by atoms with Gasteiger partial charge in [-0.3, -0.25) is 9.59 Å². The third-order valence-corrected chi connectivity index (χ3v) is 6.45. The largest absolute Gasteiger partial charge is 0.411 e. The number of thiophene rings is 1. The van der Waals surface area contributed by atoms with Crippen LogP contribution in [-0.4, -0.2) is 27.8 Å². The average Bonchev–Trinajstić information content (AvgIpc) is 3.31. The summed E-state index contributed by atoms with van der Waals surface area (Å²) >= 11 is 2.60. The second kappa shape index (κ2) is 8.15. The van der Waals surface area contributed by atoms with Crippen molar-refractivity contribution in [2.45, 2.75) is 30.9 Å². The van der Waals surface area contributed by atoms with Crippen LogP contribution in [0.1, 0.15) is 33.6 Å². The molecule has 0 atom stereocenters. The van der Waals surface area contributed by atoms with Crippen molar-refractivity contribution >= 4 is 39.9 Å². The van der Waals surface area contributed by atoms with E-state index in [1.807, 2.05) is 30.3 Å². The quantitative estimate of drug-likeness (QED) is 0.597. The summed E-state index contributed by atoms with van der Waals surface area (Å²) in [5, 5.41) is 11.6. The summed E-state index contributed by atoms with van der Waals surface area (Å²) in [7, 11) is 0. The van der Waals surface area contributed by atoms with Crippen molar-refractivity contribution in [3.8, 4) is 11.5 Å². The van der Waals surface area contributed by atoms with E-state index in [-0.39, 0.29) is 11.7 Å². The van der Waals surface area contributed by atoms with E-state index in [1.165, 1.54) is 11.3 Å². The molecule has 9 heteroatoms. The lowest BCUT2D eigenvalue weighted by Gasteiger charge is -2.11. The van der Waals surface area contributed by atoms with Gasteiger partial charge in [-0.15, -0.1) is 21.5 Å². The summed E-state index contributed by atoms with van der Waals surface area (Å²) in [5.74, 6) is -0.236. The average molecular weight is 415 g/mol. The predicted molar refractivity (Wildman–Crippen MR) is 109 cm³/mol. The molecule has 0 saturated heterocycles. The number of benzene rings is 1. The van der Waals surface area contributed by atoms with Gasteiger partial charge >= 0.3 is 0 Å². The highest BCUT2D eigenvalue weighted by molar-refractivity contribution is 7.99. The van der Waals surface area contributed by atoms with Gasteiger partial charge in [0.2, 0.25) is 11.8 Å². The molecule has 0 fully saturated rings. The number of carbonyl (C=O) groups is 2. The van der Waals surface area contributed by atoms with Crippen LogP contribution < -0.4 is 11.1 Å². The first kappa shape index (κ1) is 18.7. The van der Waals surface area contributed by atoms with Crippen molar-refractivity contribution in [1.82, 2.24) is 10.2 Å². The Balaban J connectivity index is 1.41. The number of carbonyl (C=O) groups excluding carboxylic acids is 2. The van der Waals surface area contributed by atoms with Crippen molar-refractivity contribution < 1.29 is 14.0 Å². The van der Waals surface area contributed by atoms with Gasteiger partial charge in [0.25, 0.3) is 11.1 Å². The molecule has 1 aliphatic carbocycles. The molecule has 4 rings (SSSR count). The van der Waals surface area contributed by atoms with E-state index >= 15 is 0 Å². The highest BCUT2D eigenvalue weighted by Gasteiger charge is 2.25. The summed E-state index contributed by atoms with van der Waals surface area (Å²) in [6.45, 7) is 0. The summed E-state index contributed by atoms with van der Waals surface area (Å²) in [6, 6.07) is 9.42. The van der Waals surface area contributed by atoms with Crippen molar-refractivity contribution in [3.05, 3.63) is 46.3 Å². The second-order valence-electron chi connectivity index (χ2n) is 6.36. The number of nitrogens with zero attached hydrogens (tertiary/aromatic N) is 2. The van der Waals surface area contributed by atoms with Gasteiger partial charge in [-0.25, -0.2) is 0 Å². The maximum atomic E-state index is 12.4. The van der Waals surface area contributed by atoms with Crippen LogP contribution in [0.15, 0.2) is 40.0 Å². The molecule has 3 N–H and O–H groups in total. The smallest absolute Gasteiger partial charge is 0.277 e. The van der Waals surface area contributed by atoms with E-state index in [2.05, 4.69) is 15.5 Å². The Bertz CT molecular complexity index is 1010. The standard InChI is InChI=1S/C19H18N4O3S2/c20-16(25)15-12-8-4-5-9-13(12)28-18(15)21-14(24)10-27-19-23-22-17(26-19)11-6-2-1-3-7-11/h1-3,6-7H,4-5,8-10H2,(H2,20,25)(H,21,24). The number of amides is 2. The molecular formula is C19H18N4O3S2. The van der Waals surface area contributed by atoms with Gasteiger partial charge in [0.1, 0.15) is 5.00 Å². The molecule has 1 aromatic carbocycles. The van der Waals surface area contributed by atoms with Crippen LogP contribution in [0.3, 0.4) is 0 Å². The number of hydrogen-bond acceptors (Lipinski definition) is 7. The number of rotatable bonds is 6. The molecule has 144 valence electrons. The van der Waals surface area contributed by atoms with E-state index in [9.17, 15) is 9.59 Å². The minimum absolute atomic E-state index is 0.0944. The highest BCUT2D eigenvalue weighted by atomic mass is 32.2. The SMILES string of the molecule is NC(=O)c1c(NC(=O)CSc2nnc(-c3ccccc3)o2)sc2c1CCCC2. The maximum Gasteiger partial charge on any atom is 0.277 e.